The van der Waals surface area contributed by atoms with Crippen LogP contribution in [0.3, 0.4) is 0 Å². The molecule has 2 amide bonds. The third kappa shape index (κ3) is 4.10. The largest absolute Gasteiger partial charge is 0.488 e. The maximum Gasteiger partial charge on any atom is 0.408 e. The van der Waals surface area contributed by atoms with Crippen LogP contribution in [-0.2, 0) is 9.53 Å². The van der Waals surface area contributed by atoms with E-state index in [0.29, 0.717) is 11.4 Å². The maximum atomic E-state index is 12.1. The van der Waals surface area contributed by atoms with Crippen LogP contribution in [0.15, 0.2) is 22.7 Å². The lowest BCUT2D eigenvalue weighted by atomic mass is 10.2. The van der Waals surface area contributed by atoms with Crippen molar-refractivity contribution in [2.45, 2.75) is 32.4 Å². The fraction of sp³-hybridized carbons (Fsp3) is 0.429. The zero-order chi connectivity index (χ0) is 15.6. The van der Waals surface area contributed by atoms with E-state index in [-0.39, 0.29) is 12.5 Å². The molecule has 7 heteroatoms. The van der Waals surface area contributed by atoms with Gasteiger partial charge in [-0.3, -0.25) is 4.79 Å². The lowest BCUT2D eigenvalue weighted by Crippen LogP contribution is -2.48. The Kier molecular flexibility index (Phi) is 4.41. The molecule has 1 aliphatic heterocycles. The molecule has 21 heavy (non-hydrogen) atoms. The Bertz CT molecular complexity index is 569. The summed E-state index contributed by atoms with van der Waals surface area (Å²) in [4.78, 5) is 23.9. The van der Waals surface area contributed by atoms with Gasteiger partial charge in [-0.1, -0.05) is 6.07 Å². The molecular formula is C14H17BrN2O4. The number of alkyl carbamates (subject to hydrolysis) is 1. The first-order valence-corrected chi connectivity index (χ1v) is 7.27. The Morgan fingerprint density at radius 3 is 2.86 bits per heavy atom. The third-order valence-corrected chi connectivity index (χ3v) is 3.25. The van der Waals surface area contributed by atoms with Gasteiger partial charge in [-0.15, -0.1) is 0 Å². The van der Waals surface area contributed by atoms with Crippen molar-refractivity contribution < 1.29 is 19.1 Å². The van der Waals surface area contributed by atoms with E-state index in [2.05, 4.69) is 26.6 Å². The Hall–Kier alpha value is -1.76. The molecule has 0 radical (unpaired) electrons. The van der Waals surface area contributed by atoms with Crippen LogP contribution in [0.1, 0.15) is 20.8 Å². The van der Waals surface area contributed by atoms with Gasteiger partial charge in [0.15, 0.2) is 5.75 Å². The summed E-state index contributed by atoms with van der Waals surface area (Å²) in [6, 6.07) is 4.51. The van der Waals surface area contributed by atoms with Gasteiger partial charge in [0.25, 0.3) is 5.91 Å². The molecular weight excluding hydrogens is 340 g/mol. The van der Waals surface area contributed by atoms with E-state index in [9.17, 15) is 9.59 Å². The van der Waals surface area contributed by atoms with Gasteiger partial charge in [-0.2, -0.15) is 0 Å². The first kappa shape index (κ1) is 15.6. The number of rotatable bonds is 1. The van der Waals surface area contributed by atoms with E-state index >= 15 is 0 Å². The minimum atomic E-state index is -0.820. The second kappa shape index (κ2) is 5.93. The summed E-state index contributed by atoms with van der Waals surface area (Å²) < 4.78 is 11.5. The normalized spacial score (nSPS) is 17.9. The van der Waals surface area contributed by atoms with Gasteiger partial charge in [0.1, 0.15) is 18.2 Å². The number of amides is 2. The van der Waals surface area contributed by atoms with E-state index in [4.69, 9.17) is 9.47 Å². The fourth-order valence-corrected chi connectivity index (χ4v) is 2.25. The van der Waals surface area contributed by atoms with Crippen molar-refractivity contribution in [1.82, 2.24) is 5.32 Å². The smallest absolute Gasteiger partial charge is 0.408 e. The van der Waals surface area contributed by atoms with Crippen molar-refractivity contribution in [3.05, 3.63) is 22.7 Å². The highest BCUT2D eigenvalue weighted by Gasteiger charge is 2.28. The fourth-order valence-electron chi connectivity index (χ4n) is 1.77. The van der Waals surface area contributed by atoms with E-state index in [1.54, 1.807) is 32.9 Å². The monoisotopic (exact) mass is 356 g/mol. The van der Waals surface area contributed by atoms with Gasteiger partial charge in [0.05, 0.1) is 10.2 Å². The summed E-state index contributed by atoms with van der Waals surface area (Å²) in [5.74, 6) is 0.192. The van der Waals surface area contributed by atoms with Crippen molar-refractivity contribution >= 4 is 33.6 Å². The number of para-hydroxylation sites is 1. The van der Waals surface area contributed by atoms with E-state index in [1.807, 2.05) is 6.07 Å². The van der Waals surface area contributed by atoms with Crippen molar-refractivity contribution in [3.8, 4) is 5.75 Å². The number of benzene rings is 1. The molecule has 1 aromatic carbocycles. The van der Waals surface area contributed by atoms with E-state index in [1.165, 1.54) is 0 Å². The number of anilines is 1. The van der Waals surface area contributed by atoms with Crippen LogP contribution in [0.2, 0.25) is 0 Å². The summed E-state index contributed by atoms with van der Waals surface area (Å²) >= 11 is 3.36. The molecule has 1 aliphatic rings. The number of ether oxygens (including phenoxy) is 2. The molecule has 0 bridgehead atoms. The van der Waals surface area contributed by atoms with Crippen LogP contribution in [0, 0.1) is 0 Å². The summed E-state index contributed by atoms with van der Waals surface area (Å²) in [7, 11) is 0. The summed E-state index contributed by atoms with van der Waals surface area (Å²) in [6.07, 6.45) is -0.656. The van der Waals surface area contributed by atoms with E-state index in [0.717, 1.165) is 4.47 Å². The van der Waals surface area contributed by atoms with Crippen LogP contribution in [0.4, 0.5) is 10.5 Å². The molecule has 114 valence electrons. The molecule has 0 saturated carbocycles. The van der Waals surface area contributed by atoms with Crippen LogP contribution in [0.25, 0.3) is 0 Å². The summed E-state index contributed by atoms with van der Waals surface area (Å²) in [5.41, 5.74) is -0.0686. The summed E-state index contributed by atoms with van der Waals surface area (Å²) in [6.45, 7) is 5.29. The molecule has 1 aromatic rings. The molecule has 1 unspecified atom stereocenters. The molecule has 2 rings (SSSR count). The summed E-state index contributed by atoms with van der Waals surface area (Å²) in [5, 5.41) is 5.22. The van der Waals surface area contributed by atoms with Crippen LogP contribution >= 0.6 is 15.9 Å². The minimum absolute atomic E-state index is 0.0285. The lowest BCUT2D eigenvalue weighted by Gasteiger charge is -2.22. The first-order chi connectivity index (χ1) is 9.76. The Morgan fingerprint density at radius 2 is 2.19 bits per heavy atom. The first-order valence-electron chi connectivity index (χ1n) is 6.48. The molecule has 0 spiro atoms. The molecule has 0 aromatic heterocycles. The molecule has 0 saturated heterocycles. The molecule has 0 aliphatic carbocycles. The molecule has 1 atom stereocenters. The Balaban J connectivity index is 2.07. The predicted octanol–water partition coefficient (Wildman–Crippen LogP) is 2.67. The second-order valence-electron chi connectivity index (χ2n) is 5.62. The van der Waals surface area contributed by atoms with Crippen LogP contribution in [0.5, 0.6) is 5.75 Å². The highest BCUT2D eigenvalue weighted by atomic mass is 79.9. The highest BCUT2D eigenvalue weighted by Crippen LogP contribution is 2.34. The predicted molar refractivity (Wildman–Crippen MR) is 81.4 cm³/mol. The number of nitrogens with one attached hydrogen (secondary N) is 2. The Morgan fingerprint density at radius 1 is 1.48 bits per heavy atom. The molecule has 6 nitrogen and oxygen atoms in total. The van der Waals surface area contributed by atoms with Gasteiger partial charge in [-0.05, 0) is 48.8 Å². The van der Waals surface area contributed by atoms with E-state index < -0.39 is 17.7 Å². The number of carbonyl (C=O) groups is 2. The number of hydrogen-bond donors (Lipinski definition) is 2. The van der Waals surface area contributed by atoms with Crippen molar-refractivity contribution in [3.63, 3.8) is 0 Å². The lowest BCUT2D eigenvalue weighted by molar-refractivity contribution is -0.118. The van der Waals surface area contributed by atoms with Crippen molar-refractivity contribution in [2.75, 3.05) is 11.9 Å². The third-order valence-electron chi connectivity index (χ3n) is 2.63. The number of fused-ring (bicyclic) bond motifs is 1. The molecule has 2 N–H and O–H groups in total. The van der Waals surface area contributed by atoms with Gasteiger partial charge in [-0.25, -0.2) is 4.79 Å². The zero-order valence-electron chi connectivity index (χ0n) is 12.0. The zero-order valence-corrected chi connectivity index (χ0v) is 13.6. The number of halogens is 1. The van der Waals surface area contributed by atoms with Gasteiger partial charge < -0.3 is 20.1 Å². The number of hydrogen-bond acceptors (Lipinski definition) is 4. The SMILES string of the molecule is CC(C)(C)OC(=O)NC1COc2c(Br)cccc2NC1=O. The highest BCUT2D eigenvalue weighted by molar-refractivity contribution is 9.10. The van der Waals surface area contributed by atoms with Gasteiger partial charge in [0, 0.05) is 0 Å². The maximum absolute atomic E-state index is 12.1. The minimum Gasteiger partial charge on any atom is -0.488 e. The number of carbonyl (C=O) groups excluding carboxylic acids is 2. The standard InChI is InChI=1S/C14H17BrN2O4/c1-14(2,3)21-13(19)17-10-7-20-11-8(15)5-4-6-9(11)16-12(10)18/h4-6,10H,7H2,1-3H3,(H,16,18)(H,17,19). The van der Waals surface area contributed by atoms with Crippen LogP contribution < -0.4 is 15.4 Å². The van der Waals surface area contributed by atoms with Crippen molar-refractivity contribution in [1.29, 1.82) is 0 Å². The average molecular weight is 357 g/mol. The topological polar surface area (TPSA) is 76.7 Å². The quantitative estimate of drug-likeness (QED) is 0.810. The Labute approximate surface area is 131 Å². The second-order valence-corrected chi connectivity index (χ2v) is 6.47. The molecule has 1 heterocycles. The van der Waals surface area contributed by atoms with Gasteiger partial charge in [0.2, 0.25) is 0 Å². The molecule has 0 fully saturated rings. The van der Waals surface area contributed by atoms with Crippen molar-refractivity contribution in [2.24, 2.45) is 0 Å². The van der Waals surface area contributed by atoms with Crippen LogP contribution in [-0.4, -0.2) is 30.3 Å². The van der Waals surface area contributed by atoms with Gasteiger partial charge >= 0.3 is 6.09 Å². The average Bonchev–Trinajstić information content (AvgIpc) is 2.48.